The first kappa shape index (κ1) is 15.4. The summed E-state index contributed by atoms with van der Waals surface area (Å²) in [6.45, 7) is 1.61. The molecule has 1 N–H and O–H groups in total. The van der Waals surface area contributed by atoms with Gasteiger partial charge in [-0.25, -0.2) is 4.98 Å². The van der Waals surface area contributed by atoms with Gasteiger partial charge in [-0.2, -0.15) is 21.6 Å². The summed E-state index contributed by atoms with van der Waals surface area (Å²) < 4.78 is 65.5. The van der Waals surface area contributed by atoms with Crippen LogP contribution in [-0.4, -0.2) is 18.0 Å². The summed E-state index contributed by atoms with van der Waals surface area (Å²) in [5, 5.41) is -0.127. The number of benzene rings is 1. The van der Waals surface area contributed by atoms with Gasteiger partial charge in [-0.05, 0) is 25.1 Å². The summed E-state index contributed by atoms with van der Waals surface area (Å²) in [5.74, 6) is 0.472. The lowest BCUT2D eigenvalue weighted by Crippen LogP contribution is -2.17. The van der Waals surface area contributed by atoms with Crippen molar-refractivity contribution in [2.45, 2.75) is 18.1 Å². The molecule has 2 aromatic rings. The van der Waals surface area contributed by atoms with Crippen LogP contribution >= 0.6 is 0 Å². The molecular weight excluding hydrogens is 307 g/mol. The summed E-state index contributed by atoms with van der Waals surface area (Å²) in [5.41, 5.74) is -1.09. The van der Waals surface area contributed by atoms with Crippen molar-refractivity contribution >= 4 is 15.7 Å². The highest BCUT2D eigenvalue weighted by Crippen LogP contribution is 2.31. The SMILES string of the molecule is Cc1ncc(S(=O)(=O)Nc2cccc(C(F)(F)F)c2)n1C. The van der Waals surface area contributed by atoms with Crippen LogP contribution in [0.4, 0.5) is 18.9 Å². The van der Waals surface area contributed by atoms with Crippen molar-refractivity contribution in [3.05, 3.63) is 41.9 Å². The number of hydrogen-bond donors (Lipinski definition) is 1. The van der Waals surface area contributed by atoms with Crippen molar-refractivity contribution in [3.8, 4) is 0 Å². The topological polar surface area (TPSA) is 64.0 Å². The first-order chi connectivity index (χ1) is 9.61. The molecule has 0 saturated heterocycles. The zero-order valence-electron chi connectivity index (χ0n) is 11.1. The smallest absolute Gasteiger partial charge is 0.321 e. The third kappa shape index (κ3) is 3.18. The van der Waals surface area contributed by atoms with E-state index in [0.29, 0.717) is 5.82 Å². The molecule has 0 spiro atoms. The fourth-order valence-corrected chi connectivity index (χ4v) is 2.92. The lowest BCUT2D eigenvalue weighted by Gasteiger charge is -2.11. The fourth-order valence-electron chi connectivity index (χ4n) is 1.70. The molecule has 0 unspecified atom stereocenters. The second-order valence-corrected chi connectivity index (χ2v) is 6.02. The number of alkyl halides is 3. The van der Waals surface area contributed by atoms with Gasteiger partial charge in [-0.15, -0.1) is 0 Å². The second kappa shape index (κ2) is 5.06. The normalized spacial score (nSPS) is 12.4. The van der Waals surface area contributed by atoms with E-state index in [4.69, 9.17) is 0 Å². The highest BCUT2D eigenvalue weighted by atomic mass is 32.2. The highest BCUT2D eigenvalue weighted by molar-refractivity contribution is 7.92. The molecule has 0 atom stereocenters. The minimum atomic E-state index is -4.54. The van der Waals surface area contributed by atoms with Gasteiger partial charge in [0.15, 0.2) is 5.03 Å². The minimum absolute atomic E-state index is 0.127. The third-order valence-electron chi connectivity index (χ3n) is 2.90. The number of rotatable bonds is 3. The Labute approximate surface area is 119 Å². The van der Waals surface area contributed by atoms with Crippen LogP contribution in [0.2, 0.25) is 0 Å². The van der Waals surface area contributed by atoms with Gasteiger partial charge in [0.1, 0.15) is 5.82 Å². The number of sulfonamides is 1. The molecule has 114 valence electrons. The van der Waals surface area contributed by atoms with Gasteiger partial charge in [0.2, 0.25) is 0 Å². The van der Waals surface area contributed by atoms with E-state index in [9.17, 15) is 21.6 Å². The quantitative estimate of drug-likeness (QED) is 0.945. The van der Waals surface area contributed by atoms with Crippen molar-refractivity contribution in [2.75, 3.05) is 4.72 Å². The maximum atomic E-state index is 12.6. The standard InChI is InChI=1S/C12H12F3N3O2S/c1-8-16-7-11(18(8)2)21(19,20)17-10-5-3-4-9(6-10)12(13,14)15/h3-7,17H,1-2H3. The van der Waals surface area contributed by atoms with E-state index in [1.807, 2.05) is 0 Å². The zero-order valence-corrected chi connectivity index (χ0v) is 12.0. The highest BCUT2D eigenvalue weighted by Gasteiger charge is 2.31. The Morgan fingerprint density at radius 3 is 2.48 bits per heavy atom. The minimum Gasteiger partial charge on any atom is -0.321 e. The first-order valence-electron chi connectivity index (χ1n) is 5.79. The van der Waals surface area contributed by atoms with Crippen LogP contribution < -0.4 is 4.72 Å². The first-order valence-corrected chi connectivity index (χ1v) is 7.28. The van der Waals surface area contributed by atoms with Crippen molar-refractivity contribution in [1.29, 1.82) is 0 Å². The molecule has 0 aliphatic rings. The van der Waals surface area contributed by atoms with Gasteiger partial charge >= 0.3 is 6.18 Å². The number of aromatic nitrogens is 2. The molecule has 1 aromatic heterocycles. The van der Waals surface area contributed by atoms with E-state index in [1.165, 1.54) is 17.7 Å². The molecule has 2 rings (SSSR count). The number of nitrogens with one attached hydrogen (secondary N) is 1. The van der Waals surface area contributed by atoms with Gasteiger partial charge < -0.3 is 4.57 Å². The number of nitrogens with zero attached hydrogens (tertiary/aromatic N) is 2. The van der Waals surface area contributed by atoms with E-state index in [0.717, 1.165) is 24.4 Å². The largest absolute Gasteiger partial charge is 0.416 e. The average molecular weight is 319 g/mol. The summed E-state index contributed by atoms with van der Waals surface area (Å²) in [6.07, 6.45) is -3.39. The fraction of sp³-hybridized carbons (Fsp3) is 0.250. The van der Waals surface area contributed by atoms with Gasteiger partial charge in [-0.3, -0.25) is 4.72 Å². The lowest BCUT2D eigenvalue weighted by molar-refractivity contribution is -0.137. The number of imidazole rings is 1. The molecule has 0 aliphatic heterocycles. The van der Waals surface area contributed by atoms with Crippen molar-refractivity contribution in [3.63, 3.8) is 0 Å². The summed E-state index contributed by atoms with van der Waals surface area (Å²) in [7, 11) is -2.50. The molecule has 0 fully saturated rings. The van der Waals surface area contributed by atoms with Crippen LogP contribution in [-0.2, 0) is 23.2 Å². The Morgan fingerprint density at radius 2 is 1.95 bits per heavy atom. The Kier molecular flexibility index (Phi) is 3.70. The Balaban J connectivity index is 2.36. The number of hydrogen-bond acceptors (Lipinski definition) is 3. The van der Waals surface area contributed by atoms with Crippen LogP contribution in [0, 0.1) is 6.92 Å². The molecule has 0 radical (unpaired) electrons. The molecule has 0 amide bonds. The predicted molar refractivity (Wildman–Crippen MR) is 70.2 cm³/mol. The van der Waals surface area contributed by atoms with E-state index in [2.05, 4.69) is 9.71 Å². The predicted octanol–water partition coefficient (Wildman–Crippen LogP) is 2.55. The van der Waals surface area contributed by atoms with Gasteiger partial charge in [0.25, 0.3) is 10.0 Å². The molecule has 0 aliphatic carbocycles. The van der Waals surface area contributed by atoms with Crippen molar-refractivity contribution < 1.29 is 21.6 Å². The molecule has 21 heavy (non-hydrogen) atoms. The van der Waals surface area contributed by atoms with E-state index < -0.39 is 21.8 Å². The van der Waals surface area contributed by atoms with Crippen LogP contribution in [0.25, 0.3) is 0 Å². The second-order valence-electron chi connectivity index (χ2n) is 4.39. The Bertz CT molecular complexity index is 766. The molecular formula is C12H12F3N3O2S. The molecule has 9 heteroatoms. The zero-order chi connectivity index (χ0) is 15.8. The molecule has 1 heterocycles. The molecule has 5 nitrogen and oxygen atoms in total. The van der Waals surface area contributed by atoms with Crippen molar-refractivity contribution in [2.24, 2.45) is 7.05 Å². The van der Waals surface area contributed by atoms with Gasteiger partial charge in [0, 0.05) is 12.7 Å². The number of halogens is 3. The van der Waals surface area contributed by atoms with E-state index >= 15 is 0 Å². The Hall–Kier alpha value is -2.03. The van der Waals surface area contributed by atoms with Crippen LogP contribution in [0.1, 0.15) is 11.4 Å². The molecule has 0 saturated carbocycles. The number of anilines is 1. The van der Waals surface area contributed by atoms with Crippen LogP contribution in [0.3, 0.4) is 0 Å². The van der Waals surface area contributed by atoms with E-state index in [-0.39, 0.29) is 10.7 Å². The average Bonchev–Trinajstić information content (AvgIpc) is 2.69. The van der Waals surface area contributed by atoms with Gasteiger partial charge in [0.05, 0.1) is 11.8 Å². The molecule has 1 aromatic carbocycles. The van der Waals surface area contributed by atoms with Gasteiger partial charge in [-0.1, -0.05) is 6.07 Å². The maximum Gasteiger partial charge on any atom is 0.416 e. The summed E-state index contributed by atoms with van der Waals surface area (Å²) >= 11 is 0. The lowest BCUT2D eigenvalue weighted by atomic mass is 10.2. The summed E-state index contributed by atoms with van der Waals surface area (Å²) in [4.78, 5) is 3.84. The van der Waals surface area contributed by atoms with Crippen LogP contribution in [0.5, 0.6) is 0 Å². The summed E-state index contributed by atoms with van der Waals surface area (Å²) in [6, 6.07) is 3.98. The Morgan fingerprint density at radius 1 is 1.29 bits per heavy atom. The van der Waals surface area contributed by atoms with Crippen LogP contribution in [0.15, 0.2) is 35.5 Å². The molecule has 0 bridgehead atoms. The maximum absolute atomic E-state index is 12.6. The number of aryl methyl sites for hydroxylation is 1. The van der Waals surface area contributed by atoms with E-state index in [1.54, 1.807) is 6.92 Å². The third-order valence-corrected chi connectivity index (χ3v) is 4.33. The van der Waals surface area contributed by atoms with Crippen molar-refractivity contribution in [1.82, 2.24) is 9.55 Å². The monoisotopic (exact) mass is 319 g/mol.